The van der Waals surface area contributed by atoms with Gasteiger partial charge in [0.05, 0.1) is 50.0 Å². The molecule has 362 valence electrons. The monoisotopic (exact) mass is 940 g/mol. The first-order chi connectivity index (χ1) is 32.7. The molecule has 0 saturated heterocycles. The van der Waals surface area contributed by atoms with E-state index >= 15 is 0 Å². The van der Waals surface area contributed by atoms with Gasteiger partial charge in [-0.3, -0.25) is 28.8 Å². The van der Waals surface area contributed by atoms with Crippen LogP contribution in [0.4, 0.5) is 11.4 Å². The lowest BCUT2D eigenvalue weighted by atomic mass is 9.89. The lowest BCUT2D eigenvalue weighted by Crippen LogP contribution is -2.36. The second-order valence-corrected chi connectivity index (χ2v) is 15.0. The molecule has 0 aromatic heterocycles. The van der Waals surface area contributed by atoms with E-state index < -0.39 is 54.3 Å². The summed E-state index contributed by atoms with van der Waals surface area (Å²) in [4.78, 5) is 93.1. The third-order valence-corrected chi connectivity index (χ3v) is 10.2. The van der Waals surface area contributed by atoms with Gasteiger partial charge in [-0.25, -0.2) is 4.79 Å². The average Bonchev–Trinajstić information content (AvgIpc) is 3.29. The Bertz CT molecular complexity index is 2600. The minimum Gasteiger partial charge on any atom is -0.488 e. The molecule has 0 amide bonds. The lowest BCUT2D eigenvalue weighted by Gasteiger charge is -2.27. The van der Waals surface area contributed by atoms with Crippen LogP contribution in [0.2, 0.25) is 0 Å². The van der Waals surface area contributed by atoms with Crippen LogP contribution in [-0.4, -0.2) is 113 Å². The molecular weight excluding hydrogens is 885 g/mol. The van der Waals surface area contributed by atoms with E-state index in [0.29, 0.717) is 28.0 Å². The second-order valence-electron chi connectivity index (χ2n) is 15.0. The highest BCUT2D eigenvalue weighted by atomic mass is 16.6. The topological polar surface area (TPSA) is 224 Å². The zero-order chi connectivity index (χ0) is 49.3. The maximum absolute atomic E-state index is 13.5. The van der Waals surface area contributed by atoms with Crippen molar-refractivity contribution in [2.24, 2.45) is 0 Å². The summed E-state index contributed by atoms with van der Waals surface area (Å²) in [7, 11) is 0. The molecule has 0 radical (unpaired) electrons. The molecule has 3 aromatic rings. The van der Waals surface area contributed by atoms with Gasteiger partial charge in [0.15, 0.2) is 5.43 Å². The van der Waals surface area contributed by atoms with E-state index in [9.17, 15) is 38.7 Å². The molecule has 1 N–H and O–H groups in total. The second kappa shape index (κ2) is 24.8. The van der Waals surface area contributed by atoms with Crippen LogP contribution in [0, 0.1) is 6.92 Å². The Morgan fingerprint density at radius 3 is 1.65 bits per heavy atom. The smallest absolute Gasteiger partial charge is 0.336 e. The Labute approximate surface area is 392 Å². The summed E-state index contributed by atoms with van der Waals surface area (Å²) in [5.41, 5.74) is 2.21. The highest BCUT2D eigenvalue weighted by molar-refractivity contribution is 6.08. The summed E-state index contributed by atoms with van der Waals surface area (Å²) in [6.07, 6.45) is -0.0545. The first-order valence-corrected chi connectivity index (χ1v) is 22.3. The number of hydrogen-bond acceptors (Lipinski definition) is 17. The van der Waals surface area contributed by atoms with E-state index in [-0.39, 0.29) is 112 Å². The van der Waals surface area contributed by atoms with Crippen molar-refractivity contribution in [2.75, 3.05) is 82.2 Å². The molecule has 1 aliphatic heterocycles. The number of carboxylic acid groups (broad SMARTS) is 1. The van der Waals surface area contributed by atoms with Crippen LogP contribution in [0.3, 0.4) is 0 Å². The van der Waals surface area contributed by atoms with Crippen molar-refractivity contribution in [1.82, 2.24) is 0 Å². The summed E-state index contributed by atoms with van der Waals surface area (Å²) >= 11 is 0. The van der Waals surface area contributed by atoms with Crippen molar-refractivity contribution in [2.45, 2.75) is 54.4 Å². The van der Waals surface area contributed by atoms with Crippen molar-refractivity contribution in [3.63, 3.8) is 0 Å². The summed E-state index contributed by atoms with van der Waals surface area (Å²) in [6, 6.07) is 17.4. The first-order valence-electron chi connectivity index (χ1n) is 22.3. The number of aryl methyl sites for hydroxylation is 2. The molecule has 0 bridgehead atoms. The summed E-state index contributed by atoms with van der Waals surface area (Å²) < 4.78 is 45.2. The van der Waals surface area contributed by atoms with E-state index in [1.54, 1.807) is 83.1 Å². The van der Waals surface area contributed by atoms with E-state index in [4.69, 9.17) is 37.6 Å². The number of nitrogens with zero attached hydrogens (tertiary/aromatic N) is 2. The van der Waals surface area contributed by atoms with Crippen molar-refractivity contribution in [3.8, 4) is 33.9 Å². The number of fused-ring (bicyclic) bond motifs is 2. The minimum absolute atomic E-state index is 0.0295. The van der Waals surface area contributed by atoms with Gasteiger partial charge < -0.3 is 52.5 Å². The Hall–Kier alpha value is -7.63. The van der Waals surface area contributed by atoms with Crippen LogP contribution in [0.1, 0.15) is 62.5 Å². The predicted molar refractivity (Wildman–Crippen MR) is 250 cm³/mol. The maximum atomic E-state index is 13.5. The number of ether oxygens (including phenoxy) is 7. The quantitative estimate of drug-likeness (QED) is 0.0290. The predicted octanol–water partition coefficient (Wildman–Crippen LogP) is 6.39. The van der Waals surface area contributed by atoms with Crippen LogP contribution in [-0.2, 0) is 54.1 Å². The Morgan fingerprint density at radius 2 is 1.10 bits per heavy atom. The van der Waals surface area contributed by atoms with E-state index in [2.05, 4.69) is 0 Å². The van der Waals surface area contributed by atoms with Crippen molar-refractivity contribution >= 4 is 58.2 Å². The number of anilines is 2. The lowest BCUT2D eigenvalue weighted by molar-refractivity contribution is -0.144. The third kappa shape index (κ3) is 13.5. The number of carbonyl (C=O) groups is 6. The third-order valence-electron chi connectivity index (χ3n) is 10.2. The Morgan fingerprint density at radius 1 is 0.588 bits per heavy atom. The fourth-order valence-corrected chi connectivity index (χ4v) is 7.39. The normalized spacial score (nSPS) is 10.9. The van der Waals surface area contributed by atoms with E-state index in [0.717, 1.165) is 5.56 Å². The molecule has 2 aliphatic rings. The minimum atomic E-state index is -1.23. The molecule has 1 heterocycles. The number of carbonyl (C=O) groups excluding carboxylic acids is 5. The van der Waals surface area contributed by atoms with Gasteiger partial charge in [0.1, 0.15) is 62.2 Å². The van der Waals surface area contributed by atoms with Gasteiger partial charge in [0.2, 0.25) is 0 Å². The van der Waals surface area contributed by atoms with Gasteiger partial charge >= 0.3 is 35.8 Å². The van der Waals surface area contributed by atoms with Gasteiger partial charge in [-0.2, -0.15) is 0 Å². The fraction of sp³-hybridized carbons (Fsp3) is 0.380. The molecule has 0 fully saturated rings. The first kappa shape index (κ1) is 51.4. The number of hydrogen-bond donors (Lipinski definition) is 1. The Balaban J connectivity index is 1.69. The maximum Gasteiger partial charge on any atom is 0.336 e. The number of aromatic carboxylic acids is 1. The van der Waals surface area contributed by atoms with Crippen LogP contribution in [0.25, 0.3) is 33.4 Å². The Kier molecular flexibility index (Phi) is 18.7. The van der Waals surface area contributed by atoms with Gasteiger partial charge in [-0.15, -0.1) is 0 Å². The SMILES string of the molecule is CCOC(=O)CCc1cc2c(-c3ccccc3C(=O)O)c3cc(OCCOc4cc(C)ccc4N(CC(=O)OCC)CC(=O)OCC)c(N(CC(=O)OCC)CC(=O)OCC)cc3oc-2cc1=O. The van der Waals surface area contributed by atoms with Gasteiger partial charge in [-0.1, -0.05) is 24.3 Å². The van der Waals surface area contributed by atoms with Crippen molar-refractivity contribution in [1.29, 1.82) is 0 Å². The number of esters is 5. The molecule has 5 rings (SSSR count). The zero-order valence-electron chi connectivity index (χ0n) is 39.0. The van der Waals surface area contributed by atoms with Gasteiger partial charge in [0, 0.05) is 40.6 Å². The largest absolute Gasteiger partial charge is 0.488 e. The summed E-state index contributed by atoms with van der Waals surface area (Å²) in [5.74, 6) is -3.74. The fourth-order valence-electron chi connectivity index (χ4n) is 7.39. The number of benzene rings is 4. The molecule has 18 heteroatoms. The van der Waals surface area contributed by atoms with Gasteiger partial charge in [-0.05, 0) is 89.4 Å². The molecule has 0 spiro atoms. The molecule has 3 aromatic carbocycles. The summed E-state index contributed by atoms with van der Waals surface area (Å²) in [5, 5.41) is 10.7. The molecule has 18 nitrogen and oxygen atoms in total. The molecule has 0 unspecified atom stereocenters. The van der Waals surface area contributed by atoms with E-state index in [1.807, 2.05) is 6.92 Å². The van der Waals surface area contributed by atoms with Crippen LogP contribution in [0.15, 0.2) is 75.9 Å². The number of rotatable bonds is 25. The van der Waals surface area contributed by atoms with Crippen LogP contribution >= 0.6 is 0 Å². The van der Waals surface area contributed by atoms with Gasteiger partial charge in [0.25, 0.3) is 0 Å². The molecule has 0 saturated carbocycles. The highest BCUT2D eigenvalue weighted by Crippen LogP contribution is 2.45. The standard InChI is InChI=1S/C50H56N2O16/c1-7-61-44(54)19-17-32-23-35-41(26-39(32)53)68-40-25-38(52(29-47(57)64-10-4)30-48(58)65-11-5)43(24-36(40)49(35)33-14-12-13-15-34(33)50(59)60)67-21-20-66-42-22-31(6)16-18-37(42)51(27-45(55)62-8-2)28-46(56)63-9-3/h12-16,18,22-26H,7-11,17,19-21,27-30H2,1-6H3,(H,59,60). The molecule has 0 atom stereocenters. The van der Waals surface area contributed by atoms with Crippen molar-refractivity contribution in [3.05, 3.63) is 93.6 Å². The van der Waals surface area contributed by atoms with Crippen LogP contribution < -0.4 is 24.7 Å². The average molecular weight is 941 g/mol. The highest BCUT2D eigenvalue weighted by Gasteiger charge is 2.28. The zero-order valence-corrected chi connectivity index (χ0v) is 39.0. The molecule has 68 heavy (non-hydrogen) atoms. The molecule has 1 aliphatic carbocycles. The van der Waals surface area contributed by atoms with Crippen LogP contribution in [0.5, 0.6) is 11.5 Å². The number of carboxylic acids is 1. The molecular formula is C50H56N2O16. The summed E-state index contributed by atoms with van der Waals surface area (Å²) in [6.45, 7) is 8.93. The van der Waals surface area contributed by atoms with E-state index in [1.165, 1.54) is 28.0 Å². The van der Waals surface area contributed by atoms with Crippen molar-refractivity contribution < 1.29 is 71.4 Å².